The summed E-state index contributed by atoms with van der Waals surface area (Å²) in [5.74, 6) is 0. The van der Waals surface area contributed by atoms with Crippen molar-refractivity contribution in [3.63, 3.8) is 0 Å². The minimum Gasteiger partial charge on any atom is -0.313 e. The smallest absolute Gasteiger partial charge is 0.0705 e. The van der Waals surface area contributed by atoms with Crippen LogP contribution in [0.25, 0.3) is 10.9 Å². The van der Waals surface area contributed by atoms with E-state index in [-0.39, 0.29) is 0 Å². The van der Waals surface area contributed by atoms with Gasteiger partial charge in [-0.3, -0.25) is 4.98 Å². The largest absolute Gasteiger partial charge is 0.313 e. The first-order valence-electron chi connectivity index (χ1n) is 7.48. The highest BCUT2D eigenvalue weighted by Gasteiger charge is 2.12. The van der Waals surface area contributed by atoms with Gasteiger partial charge in [-0.05, 0) is 44.0 Å². The minimum absolute atomic E-state index is 0.409. The molecular weight excluding hydrogens is 244 g/mol. The van der Waals surface area contributed by atoms with Crippen molar-refractivity contribution in [2.75, 3.05) is 7.05 Å². The molecule has 20 heavy (non-hydrogen) atoms. The van der Waals surface area contributed by atoms with Gasteiger partial charge in [0.1, 0.15) is 0 Å². The molecule has 1 aromatic heterocycles. The first-order valence-corrected chi connectivity index (χ1v) is 7.48. The number of fused-ring (bicyclic) bond motifs is 1. The van der Waals surface area contributed by atoms with E-state index in [0.717, 1.165) is 11.9 Å². The van der Waals surface area contributed by atoms with Crippen LogP contribution in [0.3, 0.4) is 0 Å². The topological polar surface area (TPSA) is 24.9 Å². The second kappa shape index (κ2) is 7.81. The van der Waals surface area contributed by atoms with Crippen LogP contribution >= 0.6 is 0 Å². The van der Waals surface area contributed by atoms with Crippen LogP contribution in [0.5, 0.6) is 0 Å². The van der Waals surface area contributed by atoms with E-state index in [9.17, 15) is 0 Å². The number of hydrogen-bond donors (Lipinski definition) is 1. The van der Waals surface area contributed by atoms with Gasteiger partial charge in [0.25, 0.3) is 0 Å². The summed E-state index contributed by atoms with van der Waals surface area (Å²) in [6.45, 7) is 3.77. The number of pyridine rings is 1. The Bertz CT molecular complexity index is 543. The third-order valence-electron chi connectivity index (χ3n) is 3.80. The SMILES string of the molecule is C=CCCCCCC(NC)c1cccc2ncccc12. The van der Waals surface area contributed by atoms with Crippen molar-refractivity contribution in [1.82, 2.24) is 10.3 Å². The second-order valence-corrected chi connectivity index (χ2v) is 5.19. The van der Waals surface area contributed by atoms with Gasteiger partial charge in [-0.25, -0.2) is 0 Å². The van der Waals surface area contributed by atoms with Crippen LogP contribution in [-0.2, 0) is 0 Å². The van der Waals surface area contributed by atoms with Gasteiger partial charge in [0.15, 0.2) is 0 Å². The molecule has 0 aliphatic rings. The number of benzene rings is 1. The molecular formula is C18H24N2. The summed E-state index contributed by atoms with van der Waals surface area (Å²) in [4.78, 5) is 4.44. The number of unbranched alkanes of at least 4 members (excludes halogenated alkanes) is 3. The van der Waals surface area contributed by atoms with Crippen LogP contribution in [0.4, 0.5) is 0 Å². The highest BCUT2D eigenvalue weighted by atomic mass is 14.9. The minimum atomic E-state index is 0.409. The molecule has 0 aliphatic carbocycles. The van der Waals surface area contributed by atoms with Crippen LogP contribution in [0.2, 0.25) is 0 Å². The van der Waals surface area contributed by atoms with Crippen molar-refractivity contribution in [1.29, 1.82) is 0 Å². The monoisotopic (exact) mass is 268 g/mol. The maximum Gasteiger partial charge on any atom is 0.0705 e. The fraction of sp³-hybridized carbons (Fsp3) is 0.389. The van der Waals surface area contributed by atoms with Gasteiger partial charge in [0.05, 0.1) is 5.52 Å². The third-order valence-corrected chi connectivity index (χ3v) is 3.80. The summed E-state index contributed by atoms with van der Waals surface area (Å²) in [5.41, 5.74) is 2.44. The predicted octanol–water partition coefficient (Wildman–Crippen LogP) is 4.63. The summed E-state index contributed by atoms with van der Waals surface area (Å²) < 4.78 is 0. The number of hydrogen-bond acceptors (Lipinski definition) is 2. The molecule has 0 spiro atoms. The number of aromatic nitrogens is 1. The molecule has 0 amide bonds. The maximum absolute atomic E-state index is 4.44. The van der Waals surface area contributed by atoms with Crippen molar-refractivity contribution in [3.05, 3.63) is 54.7 Å². The molecule has 2 rings (SSSR count). The third kappa shape index (κ3) is 3.67. The quantitative estimate of drug-likeness (QED) is 0.557. The van der Waals surface area contributed by atoms with Crippen LogP contribution in [0.1, 0.15) is 43.7 Å². The van der Waals surface area contributed by atoms with E-state index >= 15 is 0 Å². The zero-order valence-electron chi connectivity index (χ0n) is 12.3. The lowest BCUT2D eigenvalue weighted by atomic mass is 9.96. The lowest BCUT2D eigenvalue weighted by Gasteiger charge is -2.18. The Morgan fingerprint density at radius 1 is 1.20 bits per heavy atom. The zero-order valence-corrected chi connectivity index (χ0v) is 12.3. The van der Waals surface area contributed by atoms with Crippen LogP contribution in [0, 0.1) is 0 Å². The lowest BCUT2D eigenvalue weighted by Crippen LogP contribution is -2.16. The van der Waals surface area contributed by atoms with Gasteiger partial charge in [0.2, 0.25) is 0 Å². The first-order chi connectivity index (χ1) is 9.86. The molecule has 2 heteroatoms. The lowest BCUT2D eigenvalue weighted by molar-refractivity contribution is 0.510. The molecule has 0 fully saturated rings. The number of nitrogens with one attached hydrogen (secondary N) is 1. The van der Waals surface area contributed by atoms with E-state index in [0.29, 0.717) is 6.04 Å². The molecule has 0 saturated carbocycles. The van der Waals surface area contributed by atoms with Crippen molar-refractivity contribution in [2.24, 2.45) is 0 Å². The Labute approximate surface area is 121 Å². The Morgan fingerprint density at radius 3 is 2.90 bits per heavy atom. The first kappa shape index (κ1) is 14.7. The van der Waals surface area contributed by atoms with E-state index in [1.165, 1.54) is 36.6 Å². The summed E-state index contributed by atoms with van der Waals surface area (Å²) in [5, 5.41) is 4.72. The summed E-state index contributed by atoms with van der Waals surface area (Å²) >= 11 is 0. The second-order valence-electron chi connectivity index (χ2n) is 5.19. The Hall–Kier alpha value is -1.67. The number of rotatable bonds is 8. The fourth-order valence-corrected chi connectivity index (χ4v) is 2.70. The molecule has 1 N–H and O–H groups in total. The van der Waals surface area contributed by atoms with Gasteiger partial charge >= 0.3 is 0 Å². The number of nitrogens with zero attached hydrogens (tertiary/aromatic N) is 1. The van der Waals surface area contributed by atoms with Gasteiger partial charge in [-0.2, -0.15) is 0 Å². The fourth-order valence-electron chi connectivity index (χ4n) is 2.70. The van der Waals surface area contributed by atoms with E-state index in [1.54, 1.807) is 0 Å². The van der Waals surface area contributed by atoms with Gasteiger partial charge in [-0.15, -0.1) is 6.58 Å². The average molecular weight is 268 g/mol. The summed E-state index contributed by atoms with van der Waals surface area (Å²) in [6, 6.07) is 11.0. The molecule has 1 unspecified atom stereocenters. The van der Waals surface area contributed by atoms with Crippen LogP contribution < -0.4 is 5.32 Å². The van der Waals surface area contributed by atoms with E-state index in [1.807, 2.05) is 25.4 Å². The summed E-state index contributed by atoms with van der Waals surface area (Å²) in [6.07, 6.45) is 9.92. The van der Waals surface area contributed by atoms with E-state index in [4.69, 9.17) is 0 Å². The van der Waals surface area contributed by atoms with Gasteiger partial charge < -0.3 is 5.32 Å². The standard InChI is InChI=1S/C18H24N2/c1-3-4-5-6-7-12-17(19-2)15-10-8-13-18-16(15)11-9-14-20-18/h3,8-11,13-14,17,19H,1,4-7,12H2,2H3. The zero-order chi connectivity index (χ0) is 14.2. The van der Waals surface area contributed by atoms with Gasteiger partial charge in [0, 0.05) is 17.6 Å². The molecule has 0 saturated heterocycles. The molecule has 1 atom stereocenters. The van der Waals surface area contributed by atoms with Crippen molar-refractivity contribution in [2.45, 2.75) is 38.1 Å². The molecule has 2 nitrogen and oxygen atoms in total. The molecule has 106 valence electrons. The molecule has 0 aliphatic heterocycles. The Balaban J connectivity index is 2.07. The Morgan fingerprint density at radius 2 is 2.10 bits per heavy atom. The maximum atomic E-state index is 4.44. The average Bonchev–Trinajstić information content (AvgIpc) is 2.51. The van der Waals surface area contributed by atoms with Gasteiger partial charge in [-0.1, -0.05) is 37.1 Å². The summed E-state index contributed by atoms with van der Waals surface area (Å²) in [7, 11) is 2.05. The Kier molecular flexibility index (Phi) is 5.75. The van der Waals surface area contributed by atoms with Crippen LogP contribution in [-0.4, -0.2) is 12.0 Å². The molecule has 1 aromatic carbocycles. The van der Waals surface area contributed by atoms with Crippen LogP contribution in [0.15, 0.2) is 49.2 Å². The highest BCUT2D eigenvalue weighted by Crippen LogP contribution is 2.26. The predicted molar refractivity (Wildman–Crippen MR) is 86.8 cm³/mol. The van der Waals surface area contributed by atoms with E-state index in [2.05, 4.69) is 41.1 Å². The van der Waals surface area contributed by atoms with Crippen molar-refractivity contribution < 1.29 is 0 Å². The molecule has 1 heterocycles. The molecule has 0 bridgehead atoms. The molecule has 2 aromatic rings. The highest BCUT2D eigenvalue weighted by molar-refractivity contribution is 5.82. The van der Waals surface area contributed by atoms with E-state index < -0.39 is 0 Å². The molecule has 0 radical (unpaired) electrons. The van der Waals surface area contributed by atoms with Crippen molar-refractivity contribution >= 4 is 10.9 Å². The van der Waals surface area contributed by atoms with Crippen molar-refractivity contribution in [3.8, 4) is 0 Å². The number of allylic oxidation sites excluding steroid dienone is 1. The normalized spacial score (nSPS) is 12.4.